The van der Waals surface area contributed by atoms with Crippen LogP contribution in [-0.4, -0.2) is 40.1 Å². The smallest absolute Gasteiger partial charge is 0.323 e. The molecular weight excluding hydrogens is 241 g/mol. The van der Waals surface area contributed by atoms with Gasteiger partial charge in [0.2, 0.25) is 0 Å². The number of carboxylic acids is 1. The lowest BCUT2D eigenvalue weighted by Gasteiger charge is -2.20. The molecule has 1 rings (SSSR count). The van der Waals surface area contributed by atoms with Crippen LogP contribution in [0.1, 0.15) is 13.3 Å². The Bertz CT molecular complexity index is 439. The van der Waals surface area contributed by atoms with Gasteiger partial charge in [-0.25, -0.2) is 9.18 Å². The predicted molar refractivity (Wildman–Crippen MR) is 62.7 cm³/mol. The molecular formula is C11H14FN3O3. The molecule has 1 heterocycles. The fourth-order valence-electron chi connectivity index (χ4n) is 1.37. The number of pyridine rings is 1. The minimum absolute atomic E-state index is 0.187. The second-order valence-corrected chi connectivity index (χ2v) is 3.64. The number of urea groups is 1. The Labute approximate surface area is 103 Å². The fourth-order valence-corrected chi connectivity index (χ4v) is 1.37. The number of halogens is 1. The molecule has 1 aromatic heterocycles. The van der Waals surface area contributed by atoms with Gasteiger partial charge in [-0.15, -0.1) is 0 Å². The monoisotopic (exact) mass is 255 g/mol. The van der Waals surface area contributed by atoms with E-state index in [4.69, 9.17) is 5.11 Å². The van der Waals surface area contributed by atoms with Crippen LogP contribution in [0, 0.1) is 5.82 Å². The summed E-state index contributed by atoms with van der Waals surface area (Å²) in [6.45, 7) is 1.73. The average molecular weight is 255 g/mol. The quantitative estimate of drug-likeness (QED) is 0.836. The van der Waals surface area contributed by atoms with Gasteiger partial charge in [0.1, 0.15) is 12.4 Å². The maximum atomic E-state index is 12.9. The Hall–Kier alpha value is -2.18. The predicted octanol–water partition coefficient (Wildman–Crippen LogP) is 1.55. The summed E-state index contributed by atoms with van der Waals surface area (Å²) in [5.41, 5.74) is 0.187. The molecule has 0 atom stereocenters. The van der Waals surface area contributed by atoms with Gasteiger partial charge < -0.3 is 15.3 Å². The zero-order chi connectivity index (χ0) is 13.5. The summed E-state index contributed by atoms with van der Waals surface area (Å²) in [6, 6.07) is 0.516. The SMILES string of the molecule is CCCN(CC(=O)O)C(=O)Nc1cncc(F)c1. The van der Waals surface area contributed by atoms with Crippen molar-refractivity contribution < 1.29 is 19.1 Å². The van der Waals surface area contributed by atoms with Gasteiger partial charge in [-0.1, -0.05) is 6.92 Å². The van der Waals surface area contributed by atoms with Crippen molar-refractivity contribution in [1.29, 1.82) is 0 Å². The number of carbonyl (C=O) groups excluding carboxylic acids is 1. The number of rotatable bonds is 5. The molecule has 2 amide bonds. The minimum Gasteiger partial charge on any atom is -0.480 e. The summed E-state index contributed by atoms with van der Waals surface area (Å²) in [6.07, 6.45) is 2.92. The summed E-state index contributed by atoms with van der Waals surface area (Å²) < 4.78 is 12.9. The molecule has 1 aromatic rings. The molecule has 0 aliphatic heterocycles. The maximum absolute atomic E-state index is 12.9. The summed E-state index contributed by atoms with van der Waals surface area (Å²) in [4.78, 5) is 27.1. The van der Waals surface area contributed by atoms with Gasteiger partial charge in [0.15, 0.2) is 0 Å². The maximum Gasteiger partial charge on any atom is 0.323 e. The van der Waals surface area contributed by atoms with E-state index in [0.717, 1.165) is 17.2 Å². The normalized spacial score (nSPS) is 9.89. The summed E-state index contributed by atoms with van der Waals surface area (Å²) in [5.74, 6) is -1.68. The summed E-state index contributed by atoms with van der Waals surface area (Å²) in [5, 5.41) is 11.1. The molecule has 18 heavy (non-hydrogen) atoms. The zero-order valence-corrected chi connectivity index (χ0v) is 9.89. The second kappa shape index (κ2) is 6.53. The van der Waals surface area contributed by atoms with Crippen LogP contribution in [0.5, 0.6) is 0 Å². The molecule has 2 N–H and O–H groups in total. The van der Waals surface area contributed by atoms with E-state index in [9.17, 15) is 14.0 Å². The Morgan fingerprint density at radius 2 is 2.22 bits per heavy atom. The Morgan fingerprint density at radius 1 is 1.50 bits per heavy atom. The number of nitrogens with one attached hydrogen (secondary N) is 1. The number of hydrogen-bond donors (Lipinski definition) is 2. The number of carbonyl (C=O) groups is 2. The topological polar surface area (TPSA) is 82.5 Å². The van der Waals surface area contributed by atoms with Gasteiger partial charge in [-0.05, 0) is 6.42 Å². The molecule has 0 aliphatic rings. The van der Waals surface area contributed by atoms with Crippen LogP contribution in [0.25, 0.3) is 0 Å². The number of anilines is 1. The van der Waals surface area contributed by atoms with Crippen molar-refractivity contribution in [1.82, 2.24) is 9.88 Å². The van der Waals surface area contributed by atoms with E-state index in [0.29, 0.717) is 13.0 Å². The van der Waals surface area contributed by atoms with Crippen LogP contribution in [0.3, 0.4) is 0 Å². The highest BCUT2D eigenvalue weighted by atomic mass is 19.1. The van der Waals surface area contributed by atoms with E-state index in [-0.39, 0.29) is 5.69 Å². The highest BCUT2D eigenvalue weighted by Crippen LogP contribution is 2.08. The van der Waals surface area contributed by atoms with Crippen molar-refractivity contribution in [3.05, 3.63) is 24.3 Å². The van der Waals surface area contributed by atoms with E-state index in [2.05, 4.69) is 10.3 Å². The third-order valence-electron chi connectivity index (χ3n) is 2.06. The molecule has 7 heteroatoms. The van der Waals surface area contributed by atoms with Crippen molar-refractivity contribution in [2.24, 2.45) is 0 Å². The Balaban J connectivity index is 2.69. The highest BCUT2D eigenvalue weighted by molar-refractivity contribution is 5.91. The number of aliphatic carboxylic acids is 1. The third-order valence-corrected chi connectivity index (χ3v) is 2.06. The van der Waals surface area contributed by atoms with Crippen LogP contribution < -0.4 is 5.32 Å². The first-order valence-corrected chi connectivity index (χ1v) is 5.41. The highest BCUT2D eigenvalue weighted by Gasteiger charge is 2.16. The lowest BCUT2D eigenvalue weighted by Crippen LogP contribution is -2.39. The van der Waals surface area contributed by atoms with E-state index in [1.54, 1.807) is 0 Å². The van der Waals surface area contributed by atoms with Crippen molar-refractivity contribution in [3.63, 3.8) is 0 Å². The van der Waals surface area contributed by atoms with E-state index in [1.807, 2.05) is 6.92 Å². The molecule has 0 radical (unpaired) electrons. The van der Waals surface area contributed by atoms with Crippen LogP contribution in [0.4, 0.5) is 14.9 Å². The molecule has 0 fully saturated rings. The summed E-state index contributed by atoms with van der Waals surface area (Å²) >= 11 is 0. The van der Waals surface area contributed by atoms with Crippen molar-refractivity contribution >= 4 is 17.7 Å². The zero-order valence-electron chi connectivity index (χ0n) is 9.89. The molecule has 6 nitrogen and oxygen atoms in total. The third kappa shape index (κ3) is 4.36. The molecule has 0 aromatic carbocycles. The Kier molecular flexibility index (Phi) is 5.04. The average Bonchev–Trinajstić information content (AvgIpc) is 2.27. The van der Waals surface area contributed by atoms with E-state index >= 15 is 0 Å². The molecule has 0 saturated heterocycles. The molecule has 0 unspecified atom stereocenters. The van der Waals surface area contributed by atoms with E-state index in [1.165, 1.54) is 6.20 Å². The lowest BCUT2D eigenvalue weighted by atomic mass is 10.4. The van der Waals surface area contributed by atoms with Gasteiger partial charge in [-0.3, -0.25) is 9.78 Å². The van der Waals surface area contributed by atoms with Gasteiger partial charge in [0, 0.05) is 12.6 Å². The number of amides is 2. The van der Waals surface area contributed by atoms with E-state index < -0.39 is 24.4 Å². The summed E-state index contributed by atoms with van der Waals surface area (Å²) in [7, 11) is 0. The number of nitrogens with zero attached hydrogens (tertiary/aromatic N) is 2. The van der Waals surface area contributed by atoms with Gasteiger partial charge in [0.25, 0.3) is 0 Å². The van der Waals surface area contributed by atoms with Crippen molar-refractivity contribution in [2.45, 2.75) is 13.3 Å². The molecule has 98 valence electrons. The number of aromatic nitrogens is 1. The van der Waals surface area contributed by atoms with Gasteiger partial charge >= 0.3 is 12.0 Å². The largest absolute Gasteiger partial charge is 0.480 e. The molecule has 0 bridgehead atoms. The van der Waals surface area contributed by atoms with Gasteiger partial charge in [-0.2, -0.15) is 0 Å². The first kappa shape index (κ1) is 13.9. The van der Waals surface area contributed by atoms with Crippen molar-refractivity contribution in [2.75, 3.05) is 18.4 Å². The second-order valence-electron chi connectivity index (χ2n) is 3.64. The first-order valence-electron chi connectivity index (χ1n) is 5.41. The number of hydrogen-bond acceptors (Lipinski definition) is 3. The molecule has 0 aliphatic carbocycles. The minimum atomic E-state index is -1.10. The molecule has 0 saturated carbocycles. The lowest BCUT2D eigenvalue weighted by molar-refractivity contribution is -0.137. The first-order chi connectivity index (χ1) is 8.52. The van der Waals surface area contributed by atoms with Crippen LogP contribution in [0.15, 0.2) is 18.5 Å². The molecule has 0 spiro atoms. The van der Waals surface area contributed by atoms with Crippen LogP contribution in [0.2, 0.25) is 0 Å². The standard InChI is InChI=1S/C11H14FN3O3/c1-2-3-15(7-10(16)17)11(18)14-9-4-8(12)5-13-6-9/h4-6H,2-3,7H2,1H3,(H,14,18)(H,16,17). The van der Waals surface area contributed by atoms with Crippen molar-refractivity contribution in [3.8, 4) is 0 Å². The Morgan fingerprint density at radius 3 is 2.78 bits per heavy atom. The fraction of sp³-hybridized carbons (Fsp3) is 0.364. The van der Waals surface area contributed by atoms with Gasteiger partial charge in [0.05, 0.1) is 18.1 Å². The van der Waals surface area contributed by atoms with Crippen LogP contribution in [-0.2, 0) is 4.79 Å². The number of carboxylic acid groups (broad SMARTS) is 1. The van der Waals surface area contributed by atoms with Crippen LogP contribution >= 0.6 is 0 Å².